The Labute approximate surface area is 160 Å². The molecule has 2 heterocycles. The second kappa shape index (κ2) is 7.35. The van der Waals surface area contributed by atoms with Gasteiger partial charge in [-0.15, -0.1) is 0 Å². The summed E-state index contributed by atoms with van der Waals surface area (Å²) in [5.74, 6) is 1.57. The predicted octanol–water partition coefficient (Wildman–Crippen LogP) is 3.43. The molecule has 0 atom stereocenters. The molecule has 1 aliphatic heterocycles. The minimum absolute atomic E-state index is 0.0983. The maximum atomic E-state index is 13.2. The molecule has 1 aliphatic carbocycles. The average Bonchev–Trinajstić information content (AvgIpc) is 3.23. The summed E-state index contributed by atoms with van der Waals surface area (Å²) in [6, 6.07) is 8.53. The SMILES string of the molecule is CCc1c(C)nc2n(c1=O)CN(C1CCCC1)CN2c1ccc(OC)cc1. The number of hydrogen-bond acceptors (Lipinski definition) is 5. The van der Waals surface area contributed by atoms with E-state index in [1.807, 2.05) is 42.7 Å². The molecule has 0 N–H and O–H groups in total. The summed E-state index contributed by atoms with van der Waals surface area (Å²) >= 11 is 0. The highest BCUT2D eigenvalue weighted by Gasteiger charge is 2.32. The quantitative estimate of drug-likeness (QED) is 0.827. The van der Waals surface area contributed by atoms with E-state index in [0.29, 0.717) is 19.1 Å². The first-order valence-electron chi connectivity index (χ1n) is 9.88. The molecule has 6 nitrogen and oxygen atoms in total. The van der Waals surface area contributed by atoms with Crippen molar-refractivity contribution in [3.63, 3.8) is 0 Å². The summed E-state index contributed by atoms with van der Waals surface area (Å²) in [6.45, 7) is 5.36. The first-order chi connectivity index (χ1) is 13.1. The van der Waals surface area contributed by atoms with E-state index in [1.54, 1.807) is 7.11 Å². The molecular formula is C21H28N4O2. The van der Waals surface area contributed by atoms with Gasteiger partial charge in [0.15, 0.2) is 0 Å². The summed E-state index contributed by atoms with van der Waals surface area (Å²) < 4.78 is 7.16. The maximum absolute atomic E-state index is 13.2. The molecule has 0 saturated heterocycles. The van der Waals surface area contributed by atoms with Crippen molar-refractivity contribution in [2.75, 3.05) is 18.7 Å². The third-order valence-corrected chi connectivity index (χ3v) is 5.92. The van der Waals surface area contributed by atoms with E-state index in [1.165, 1.54) is 25.7 Å². The number of hydrogen-bond donors (Lipinski definition) is 0. The van der Waals surface area contributed by atoms with Gasteiger partial charge in [0, 0.05) is 23.0 Å². The third-order valence-electron chi connectivity index (χ3n) is 5.92. The second-order valence-electron chi connectivity index (χ2n) is 7.50. The Morgan fingerprint density at radius 2 is 1.85 bits per heavy atom. The molecule has 2 aliphatic rings. The molecule has 1 aromatic carbocycles. The van der Waals surface area contributed by atoms with Gasteiger partial charge in [0.1, 0.15) is 5.75 Å². The minimum Gasteiger partial charge on any atom is -0.497 e. The Balaban J connectivity index is 1.80. The number of benzene rings is 1. The predicted molar refractivity (Wildman–Crippen MR) is 107 cm³/mol. The molecule has 1 aromatic heterocycles. The molecule has 0 amide bonds. The maximum Gasteiger partial charge on any atom is 0.259 e. The van der Waals surface area contributed by atoms with E-state index in [9.17, 15) is 4.79 Å². The topological polar surface area (TPSA) is 50.6 Å². The number of fused-ring (bicyclic) bond motifs is 1. The van der Waals surface area contributed by atoms with Gasteiger partial charge in [0.2, 0.25) is 5.95 Å². The van der Waals surface area contributed by atoms with E-state index < -0.39 is 0 Å². The van der Waals surface area contributed by atoms with E-state index >= 15 is 0 Å². The lowest BCUT2D eigenvalue weighted by Gasteiger charge is -2.41. The summed E-state index contributed by atoms with van der Waals surface area (Å²) in [5, 5.41) is 0. The zero-order valence-corrected chi connectivity index (χ0v) is 16.4. The van der Waals surface area contributed by atoms with Crippen molar-refractivity contribution in [2.24, 2.45) is 0 Å². The molecule has 1 fully saturated rings. The first-order valence-corrected chi connectivity index (χ1v) is 9.88. The summed E-state index contributed by atoms with van der Waals surface area (Å²) in [6.07, 6.45) is 5.68. The highest BCUT2D eigenvalue weighted by atomic mass is 16.5. The fraction of sp³-hybridized carbons (Fsp3) is 0.524. The van der Waals surface area contributed by atoms with Crippen molar-refractivity contribution in [1.82, 2.24) is 14.5 Å². The van der Waals surface area contributed by atoms with Gasteiger partial charge in [-0.1, -0.05) is 19.8 Å². The van der Waals surface area contributed by atoms with Gasteiger partial charge >= 0.3 is 0 Å². The Morgan fingerprint density at radius 3 is 2.48 bits per heavy atom. The van der Waals surface area contributed by atoms with Crippen LogP contribution in [0.1, 0.15) is 43.9 Å². The standard InChI is InChI=1S/C21H28N4O2/c1-4-19-15(2)22-21-24(17-9-11-18(27-3)12-10-17)13-23(14-25(21)20(19)26)16-7-5-6-8-16/h9-12,16H,4-8,13-14H2,1-3H3. The van der Waals surface area contributed by atoms with Crippen LogP contribution in [0.4, 0.5) is 11.6 Å². The smallest absolute Gasteiger partial charge is 0.259 e. The zero-order chi connectivity index (χ0) is 19.0. The van der Waals surface area contributed by atoms with Gasteiger partial charge in [0.05, 0.1) is 20.4 Å². The number of aryl methyl sites for hydroxylation is 1. The number of aromatic nitrogens is 2. The van der Waals surface area contributed by atoms with Crippen LogP contribution in [0.25, 0.3) is 0 Å². The number of ether oxygens (including phenoxy) is 1. The highest BCUT2D eigenvalue weighted by Crippen LogP contribution is 2.32. The summed E-state index contributed by atoms with van der Waals surface area (Å²) in [7, 11) is 1.67. The molecule has 4 rings (SSSR count). The molecule has 0 bridgehead atoms. The summed E-state index contributed by atoms with van der Waals surface area (Å²) in [5.41, 5.74) is 2.78. The largest absolute Gasteiger partial charge is 0.497 e. The van der Waals surface area contributed by atoms with E-state index in [0.717, 1.165) is 35.3 Å². The Hall–Kier alpha value is -2.34. The van der Waals surface area contributed by atoms with Crippen LogP contribution < -0.4 is 15.2 Å². The van der Waals surface area contributed by atoms with Gasteiger partial charge in [0.25, 0.3) is 5.56 Å². The molecule has 27 heavy (non-hydrogen) atoms. The van der Waals surface area contributed by atoms with Crippen molar-refractivity contribution in [3.05, 3.63) is 45.9 Å². The lowest BCUT2D eigenvalue weighted by atomic mass is 10.1. The van der Waals surface area contributed by atoms with Crippen LogP contribution in [-0.2, 0) is 13.1 Å². The molecule has 0 radical (unpaired) electrons. The molecule has 0 unspecified atom stereocenters. The number of anilines is 2. The molecule has 144 valence electrons. The van der Waals surface area contributed by atoms with Gasteiger partial charge < -0.3 is 4.74 Å². The highest BCUT2D eigenvalue weighted by molar-refractivity contribution is 5.59. The molecule has 6 heteroatoms. The Morgan fingerprint density at radius 1 is 1.15 bits per heavy atom. The second-order valence-corrected chi connectivity index (χ2v) is 7.50. The lowest BCUT2D eigenvalue weighted by molar-refractivity contribution is 0.138. The van der Waals surface area contributed by atoms with Crippen molar-refractivity contribution in [3.8, 4) is 5.75 Å². The fourth-order valence-corrected chi connectivity index (χ4v) is 4.36. The van der Waals surface area contributed by atoms with Crippen molar-refractivity contribution in [1.29, 1.82) is 0 Å². The van der Waals surface area contributed by atoms with Crippen molar-refractivity contribution >= 4 is 11.6 Å². The van der Waals surface area contributed by atoms with Gasteiger partial charge in [-0.05, 0) is 50.5 Å². The molecule has 1 saturated carbocycles. The summed E-state index contributed by atoms with van der Waals surface area (Å²) in [4.78, 5) is 22.6. The van der Waals surface area contributed by atoms with Crippen molar-refractivity contribution < 1.29 is 4.74 Å². The number of nitrogens with zero attached hydrogens (tertiary/aromatic N) is 4. The fourth-order valence-electron chi connectivity index (χ4n) is 4.36. The third kappa shape index (κ3) is 3.23. The first kappa shape index (κ1) is 18.0. The van der Waals surface area contributed by atoms with Crippen LogP contribution in [0.5, 0.6) is 5.75 Å². The zero-order valence-electron chi connectivity index (χ0n) is 16.4. The van der Waals surface area contributed by atoms with Crippen LogP contribution in [0.15, 0.2) is 29.1 Å². The van der Waals surface area contributed by atoms with E-state index in [-0.39, 0.29) is 5.56 Å². The van der Waals surface area contributed by atoms with Crippen LogP contribution in [-0.4, -0.2) is 34.3 Å². The van der Waals surface area contributed by atoms with Gasteiger partial charge in [-0.3, -0.25) is 19.2 Å². The Kier molecular flexibility index (Phi) is 4.91. The minimum atomic E-state index is 0.0983. The van der Waals surface area contributed by atoms with Crippen LogP contribution in [0.2, 0.25) is 0 Å². The molecule has 0 spiro atoms. The van der Waals surface area contributed by atoms with E-state index in [4.69, 9.17) is 9.72 Å². The van der Waals surface area contributed by atoms with E-state index in [2.05, 4.69) is 9.80 Å². The average molecular weight is 368 g/mol. The molecule has 2 aromatic rings. The monoisotopic (exact) mass is 368 g/mol. The molecular weight excluding hydrogens is 340 g/mol. The van der Waals surface area contributed by atoms with Gasteiger partial charge in [-0.2, -0.15) is 0 Å². The van der Waals surface area contributed by atoms with Crippen LogP contribution in [0, 0.1) is 6.92 Å². The normalized spacial score (nSPS) is 18.0. The number of rotatable bonds is 4. The number of methoxy groups -OCH3 is 1. The lowest BCUT2D eigenvalue weighted by Crippen LogP contribution is -2.51. The van der Waals surface area contributed by atoms with Crippen LogP contribution >= 0.6 is 0 Å². The van der Waals surface area contributed by atoms with Crippen molar-refractivity contribution in [2.45, 2.75) is 58.7 Å². The van der Waals surface area contributed by atoms with Gasteiger partial charge in [-0.25, -0.2) is 4.98 Å². The Bertz CT molecular complexity index is 869. The van der Waals surface area contributed by atoms with Crippen LogP contribution in [0.3, 0.4) is 0 Å².